The summed E-state index contributed by atoms with van der Waals surface area (Å²) in [5, 5.41) is 6.60. The minimum Gasteiger partial charge on any atom is -0.378 e. The fraction of sp³-hybridized carbons (Fsp3) is 0.474. The Bertz CT molecular complexity index is 697. The van der Waals surface area contributed by atoms with Crippen LogP contribution in [0.2, 0.25) is 0 Å². The highest BCUT2D eigenvalue weighted by molar-refractivity contribution is 5.60. The van der Waals surface area contributed by atoms with Gasteiger partial charge in [0, 0.05) is 43.8 Å². The van der Waals surface area contributed by atoms with Crippen LogP contribution in [-0.4, -0.2) is 55.5 Å². The first kappa shape index (κ1) is 17.1. The van der Waals surface area contributed by atoms with E-state index < -0.39 is 0 Å². The zero-order valence-electron chi connectivity index (χ0n) is 14.9. The SMILES string of the molecule is c1cc(NCC2CCCO2)nc(Nc2ccc(N3CCOCC3)cc2)n1. The van der Waals surface area contributed by atoms with Crippen molar-refractivity contribution in [3.63, 3.8) is 0 Å². The first-order chi connectivity index (χ1) is 12.9. The summed E-state index contributed by atoms with van der Waals surface area (Å²) < 4.78 is 11.0. The normalized spacial score (nSPS) is 20.2. The second-order valence-corrected chi connectivity index (χ2v) is 6.55. The monoisotopic (exact) mass is 355 g/mol. The molecule has 3 heterocycles. The van der Waals surface area contributed by atoms with Crippen molar-refractivity contribution in [1.29, 1.82) is 0 Å². The fourth-order valence-electron chi connectivity index (χ4n) is 3.25. The molecule has 2 aliphatic rings. The Hall–Kier alpha value is -2.38. The Balaban J connectivity index is 1.35. The van der Waals surface area contributed by atoms with E-state index in [-0.39, 0.29) is 6.10 Å². The second kappa shape index (κ2) is 8.33. The molecule has 7 heteroatoms. The summed E-state index contributed by atoms with van der Waals surface area (Å²) in [6, 6.07) is 10.2. The smallest absolute Gasteiger partial charge is 0.229 e. The van der Waals surface area contributed by atoms with Gasteiger partial charge in [0.25, 0.3) is 0 Å². The van der Waals surface area contributed by atoms with E-state index in [1.165, 1.54) is 5.69 Å². The van der Waals surface area contributed by atoms with Gasteiger partial charge in [0.05, 0.1) is 19.3 Å². The van der Waals surface area contributed by atoms with E-state index in [2.05, 4.69) is 49.8 Å². The van der Waals surface area contributed by atoms with E-state index in [4.69, 9.17) is 9.47 Å². The second-order valence-electron chi connectivity index (χ2n) is 6.55. The van der Waals surface area contributed by atoms with Gasteiger partial charge in [0.1, 0.15) is 5.82 Å². The third-order valence-electron chi connectivity index (χ3n) is 4.69. The van der Waals surface area contributed by atoms with Gasteiger partial charge in [-0.15, -0.1) is 0 Å². The number of aromatic nitrogens is 2. The Kier molecular flexibility index (Phi) is 5.47. The highest BCUT2D eigenvalue weighted by Gasteiger charge is 2.15. The van der Waals surface area contributed by atoms with Crippen LogP contribution in [0, 0.1) is 0 Å². The number of anilines is 4. The largest absolute Gasteiger partial charge is 0.378 e. The van der Waals surface area contributed by atoms with Crippen molar-refractivity contribution in [2.24, 2.45) is 0 Å². The van der Waals surface area contributed by atoms with E-state index in [1.54, 1.807) is 6.20 Å². The minimum absolute atomic E-state index is 0.286. The zero-order valence-corrected chi connectivity index (χ0v) is 14.9. The van der Waals surface area contributed by atoms with E-state index >= 15 is 0 Å². The highest BCUT2D eigenvalue weighted by Crippen LogP contribution is 2.21. The quantitative estimate of drug-likeness (QED) is 0.825. The predicted molar refractivity (Wildman–Crippen MR) is 102 cm³/mol. The van der Waals surface area contributed by atoms with Gasteiger partial charge >= 0.3 is 0 Å². The Morgan fingerprint density at radius 3 is 2.69 bits per heavy atom. The topological polar surface area (TPSA) is 71.5 Å². The standard InChI is InChI=1S/C19H25N5O2/c1-2-17(26-11-1)14-21-18-7-8-20-19(23-18)22-15-3-5-16(6-4-15)24-9-12-25-13-10-24/h3-8,17H,1-2,9-14H2,(H2,20,21,22,23). The maximum atomic E-state index is 5.63. The third-order valence-corrected chi connectivity index (χ3v) is 4.69. The number of ether oxygens (including phenoxy) is 2. The summed E-state index contributed by atoms with van der Waals surface area (Å²) >= 11 is 0. The number of rotatable bonds is 6. The van der Waals surface area contributed by atoms with E-state index in [9.17, 15) is 0 Å². The molecule has 2 fully saturated rings. The van der Waals surface area contributed by atoms with Crippen LogP contribution in [0.25, 0.3) is 0 Å². The predicted octanol–water partition coefficient (Wildman–Crippen LogP) is 2.65. The molecule has 1 unspecified atom stereocenters. The molecule has 1 aromatic carbocycles. The number of morpholine rings is 1. The summed E-state index contributed by atoms with van der Waals surface area (Å²) in [5.74, 6) is 1.39. The summed E-state index contributed by atoms with van der Waals surface area (Å²) in [4.78, 5) is 11.2. The van der Waals surface area contributed by atoms with Gasteiger partial charge in [0.2, 0.25) is 5.95 Å². The van der Waals surface area contributed by atoms with Gasteiger partial charge in [-0.05, 0) is 43.2 Å². The number of nitrogens with zero attached hydrogens (tertiary/aromatic N) is 3. The molecule has 138 valence electrons. The van der Waals surface area contributed by atoms with Gasteiger partial charge in [-0.3, -0.25) is 0 Å². The molecule has 0 bridgehead atoms. The maximum Gasteiger partial charge on any atom is 0.229 e. The van der Waals surface area contributed by atoms with Crippen LogP contribution in [0.3, 0.4) is 0 Å². The molecule has 0 saturated carbocycles. The molecule has 0 radical (unpaired) electrons. The van der Waals surface area contributed by atoms with Crippen LogP contribution in [0.5, 0.6) is 0 Å². The van der Waals surface area contributed by atoms with Crippen molar-refractivity contribution < 1.29 is 9.47 Å². The first-order valence-electron chi connectivity index (χ1n) is 9.25. The Morgan fingerprint density at radius 1 is 1.08 bits per heavy atom. The van der Waals surface area contributed by atoms with E-state index in [1.807, 2.05) is 6.07 Å². The molecule has 0 spiro atoms. The average Bonchev–Trinajstić information content (AvgIpc) is 3.22. The maximum absolute atomic E-state index is 5.63. The van der Waals surface area contributed by atoms with Crippen LogP contribution < -0.4 is 15.5 Å². The molecule has 0 aliphatic carbocycles. The van der Waals surface area contributed by atoms with Gasteiger partial charge in [-0.1, -0.05) is 0 Å². The molecular weight excluding hydrogens is 330 g/mol. The fourth-order valence-corrected chi connectivity index (χ4v) is 3.25. The molecule has 1 atom stereocenters. The lowest BCUT2D eigenvalue weighted by Gasteiger charge is -2.28. The first-order valence-corrected chi connectivity index (χ1v) is 9.25. The zero-order chi connectivity index (χ0) is 17.6. The van der Waals surface area contributed by atoms with Gasteiger partial charge < -0.3 is 25.0 Å². The van der Waals surface area contributed by atoms with Gasteiger partial charge in [0.15, 0.2) is 0 Å². The summed E-state index contributed by atoms with van der Waals surface area (Å²) in [7, 11) is 0. The minimum atomic E-state index is 0.286. The number of benzene rings is 1. The molecule has 7 nitrogen and oxygen atoms in total. The molecule has 1 aromatic heterocycles. The van der Waals surface area contributed by atoms with Crippen LogP contribution in [0.4, 0.5) is 23.1 Å². The van der Waals surface area contributed by atoms with Crippen molar-refractivity contribution in [2.75, 3.05) is 55.0 Å². The summed E-state index contributed by atoms with van der Waals surface area (Å²) in [6.07, 6.45) is 4.30. The van der Waals surface area contributed by atoms with Crippen molar-refractivity contribution in [3.8, 4) is 0 Å². The third kappa shape index (κ3) is 4.42. The lowest BCUT2D eigenvalue weighted by molar-refractivity contribution is 0.120. The molecular formula is C19H25N5O2. The van der Waals surface area contributed by atoms with Crippen LogP contribution in [-0.2, 0) is 9.47 Å². The van der Waals surface area contributed by atoms with Crippen molar-refractivity contribution in [1.82, 2.24) is 9.97 Å². The van der Waals surface area contributed by atoms with Gasteiger partial charge in [-0.25, -0.2) is 4.98 Å². The van der Waals surface area contributed by atoms with Gasteiger partial charge in [-0.2, -0.15) is 4.98 Å². The number of hydrogen-bond donors (Lipinski definition) is 2. The molecule has 26 heavy (non-hydrogen) atoms. The molecule has 2 saturated heterocycles. The van der Waals surface area contributed by atoms with Crippen molar-refractivity contribution >= 4 is 23.1 Å². The van der Waals surface area contributed by atoms with E-state index in [0.717, 1.165) is 63.8 Å². The molecule has 4 rings (SSSR count). The molecule has 2 N–H and O–H groups in total. The lowest BCUT2D eigenvalue weighted by atomic mass is 10.2. The highest BCUT2D eigenvalue weighted by atomic mass is 16.5. The summed E-state index contributed by atoms with van der Waals surface area (Å²) in [6.45, 7) is 5.11. The number of hydrogen-bond acceptors (Lipinski definition) is 7. The lowest BCUT2D eigenvalue weighted by Crippen LogP contribution is -2.36. The van der Waals surface area contributed by atoms with Crippen LogP contribution in [0.15, 0.2) is 36.5 Å². The summed E-state index contributed by atoms with van der Waals surface area (Å²) in [5.41, 5.74) is 2.19. The Morgan fingerprint density at radius 2 is 1.92 bits per heavy atom. The molecule has 0 amide bonds. The van der Waals surface area contributed by atoms with E-state index in [0.29, 0.717) is 5.95 Å². The molecule has 2 aromatic rings. The number of nitrogens with one attached hydrogen (secondary N) is 2. The van der Waals surface area contributed by atoms with Crippen molar-refractivity contribution in [3.05, 3.63) is 36.5 Å². The van der Waals surface area contributed by atoms with Crippen LogP contribution in [0.1, 0.15) is 12.8 Å². The van der Waals surface area contributed by atoms with Crippen LogP contribution >= 0.6 is 0 Å². The Labute approximate surface area is 153 Å². The van der Waals surface area contributed by atoms with Crippen molar-refractivity contribution in [2.45, 2.75) is 18.9 Å². The average molecular weight is 355 g/mol. The molecule has 2 aliphatic heterocycles.